The number of amides is 1. The summed E-state index contributed by atoms with van der Waals surface area (Å²) in [6.07, 6.45) is -0.730. The minimum atomic E-state index is -0.730. The normalized spacial score (nSPS) is 11.9. The molecular formula is C15H13BrClNO2. The van der Waals surface area contributed by atoms with Crippen LogP contribution >= 0.6 is 27.5 Å². The SMILES string of the molecule is O=C(NCC(O)c1ccccc1)c1ccc(Br)c(Cl)c1. The molecule has 2 aromatic carbocycles. The number of carbonyl (C=O) groups excluding carboxylic acids is 1. The number of rotatable bonds is 4. The summed E-state index contributed by atoms with van der Waals surface area (Å²) in [6.45, 7) is 0.149. The molecule has 0 saturated heterocycles. The molecule has 0 fully saturated rings. The van der Waals surface area contributed by atoms with Gasteiger partial charge in [0.25, 0.3) is 5.91 Å². The topological polar surface area (TPSA) is 49.3 Å². The fourth-order valence-corrected chi connectivity index (χ4v) is 2.15. The number of aliphatic hydroxyl groups is 1. The number of halogens is 2. The van der Waals surface area contributed by atoms with Crippen LogP contribution in [0.25, 0.3) is 0 Å². The van der Waals surface area contributed by atoms with Gasteiger partial charge < -0.3 is 10.4 Å². The van der Waals surface area contributed by atoms with Gasteiger partial charge in [-0.2, -0.15) is 0 Å². The number of hydrogen-bond donors (Lipinski definition) is 2. The van der Waals surface area contributed by atoms with E-state index in [-0.39, 0.29) is 12.5 Å². The van der Waals surface area contributed by atoms with E-state index in [4.69, 9.17) is 11.6 Å². The van der Waals surface area contributed by atoms with Crippen LogP contribution in [0.2, 0.25) is 5.02 Å². The van der Waals surface area contributed by atoms with Crippen LogP contribution in [0.3, 0.4) is 0 Å². The van der Waals surface area contributed by atoms with Crippen molar-refractivity contribution >= 4 is 33.4 Å². The van der Waals surface area contributed by atoms with Crippen LogP contribution in [-0.2, 0) is 0 Å². The number of nitrogens with one attached hydrogen (secondary N) is 1. The monoisotopic (exact) mass is 353 g/mol. The quantitative estimate of drug-likeness (QED) is 0.882. The van der Waals surface area contributed by atoms with E-state index in [1.54, 1.807) is 18.2 Å². The Kier molecular flexibility index (Phi) is 5.17. The highest BCUT2D eigenvalue weighted by Gasteiger charge is 2.11. The van der Waals surface area contributed by atoms with Gasteiger partial charge in [-0.05, 0) is 39.7 Å². The first kappa shape index (κ1) is 15.0. The molecular weight excluding hydrogens is 342 g/mol. The van der Waals surface area contributed by atoms with Crippen molar-refractivity contribution < 1.29 is 9.90 Å². The van der Waals surface area contributed by atoms with Gasteiger partial charge in [0.15, 0.2) is 0 Å². The lowest BCUT2D eigenvalue weighted by Gasteiger charge is -2.12. The van der Waals surface area contributed by atoms with Crippen LogP contribution < -0.4 is 5.32 Å². The van der Waals surface area contributed by atoms with E-state index < -0.39 is 6.10 Å². The second-order valence-corrected chi connectivity index (χ2v) is 5.53. The van der Waals surface area contributed by atoms with Crippen LogP contribution in [-0.4, -0.2) is 17.6 Å². The molecule has 0 saturated carbocycles. The minimum Gasteiger partial charge on any atom is -0.387 e. The average molecular weight is 355 g/mol. The highest BCUT2D eigenvalue weighted by atomic mass is 79.9. The molecule has 1 atom stereocenters. The van der Waals surface area contributed by atoms with Gasteiger partial charge in [0.1, 0.15) is 0 Å². The molecule has 104 valence electrons. The van der Waals surface area contributed by atoms with Crippen molar-refractivity contribution in [2.75, 3.05) is 6.54 Å². The van der Waals surface area contributed by atoms with Crippen molar-refractivity contribution in [2.45, 2.75) is 6.10 Å². The number of aliphatic hydroxyl groups excluding tert-OH is 1. The molecule has 1 amide bonds. The molecule has 0 bridgehead atoms. The second-order valence-electron chi connectivity index (χ2n) is 4.27. The van der Waals surface area contributed by atoms with E-state index >= 15 is 0 Å². The second kappa shape index (κ2) is 6.88. The summed E-state index contributed by atoms with van der Waals surface area (Å²) >= 11 is 9.21. The smallest absolute Gasteiger partial charge is 0.251 e. The summed E-state index contributed by atoms with van der Waals surface area (Å²) in [5.74, 6) is -0.269. The Morgan fingerprint density at radius 2 is 1.95 bits per heavy atom. The third-order valence-electron chi connectivity index (χ3n) is 2.82. The number of benzene rings is 2. The zero-order valence-corrected chi connectivity index (χ0v) is 12.9. The van der Waals surface area contributed by atoms with Crippen LogP contribution in [0.15, 0.2) is 53.0 Å². The van der Waals surface area contributed by atoms with Crippen molar-refractivity contribution in [3.05, 3.63) is 69.2 Å². The molecule has 0 aliphatic rings. The van der Waals surface area contributed by atoms with E-state index in [0.717, 1.165) is 10.0 Å². The minimum absolute atomic E-state index is 0.149. The van der Waals surface area contributed by atoms with Gasteiger partial charge in [-0.1, -0.05) is 41.9 Å². The molecule has 2 rings (SSSR count). The van der Waals surface area contributed by atoms with Crippen LogP contribution in [0.4, 0.5) is 0 Å². The molecule has 0 aliphatic heterocycles. The predicted molar refractivity (Wildman–Crippen MR) is 82.9 cm³/mol. The summed E-state index contributed by atoms with van der Waals surface area (Å²) in [4.78, 5) is 11.9. The Labute approximate surface area is 130 Å². The molecule has 20 heavy (non-hydrogen) atoms. The maximum Gasteiger partial charge on any atom is 0.251 e. The summed E-state index contributed by atoms with van der Waals surface area (Å²) < 4.78 is 0.736. The zero-order valence-electron chi connectivity index (χ0n) is 10.5. The van der Waals surface area contributed by atoms with Crippen molar-refractivity contribution in [2.24, 2.45) is 0 Å². The Bertz CT molecular complexity index is 604. The Balaban J connectivity index is 1.97. The first-order valence-electron chi connectivity index (χ1n) is 6.04. The number of hydrogen-bond acceptors (Lipinski definition) is 2. The third kappa shape index (κ3) is 3.82. The molecule has 2 aromatic rings. The van der Waals surface area contributed by atoms with Gasteiger partial charge in [-0.15, -0.1) is 0 Å². The predicted octanol–water partition coefficient (Wildman–Crippen LogP) is 3.57. The zero-order chi connectivity index (χ0) is 14.5. The largest absolute Gasteiger partial charge is 0.387 e. The van der Waals surface area contributed by atoms with E-state index in [1.165, 1.54) is 0 Å². The molecule has 0 spiro atoms. The summed E-state index contributed by atoms with van der Waals surface area (Å²) in [6, 6.07) is 14.1. The van der Waals surface area contributed by atoms with Gasteiger partial charge in [0, 0.05) is 16.6 Å². The Morgan fingerprint density at radius 3 is 2.60 bits per heavy atom. The first-order valence-corrected chi connectivity index (χ1v) is 7.21. The molecule has 0 heterocycles. The molecule has 1 unspecified atom stereocenters. The van der Waals surface area contributed by atoms with E-state index in [1.807, 2.05) is 30.3 Å². The lowest BCUT2D eigenvalue weighted by molar-refractivity contribution is 0.0916. The Hall–Kier alpha value is -1.36. The number of carbonyl (C=O) groups is 1. The van der Waals surface area contributed by atoms with Gasteiger partial charge >= 0.3 is 0 Å². The van der Waals surface area contributed by atoms with Gasteiger partial charge in [0.05, 0.1) is 11.1 Å². The van der Waals surface area contributed by atoms with Crippen LogP contribution in [0.1, 0.15) is 22.0 Å². The molecule has 2 N–H and O–H groups in total. The molecule has 5 heteroatoms. The van der Waals surface area contributed by atoms with Crippen molar-refractivity contribution in [1.29, 1.82) is 0 Å². The van der Waals surface area contributed by atoms with Crippen molar-refractivity contribution in [1.82, 2.24) is 5.32 Å². The fourth-order valence-electron chi connectivity index (χ4n) is 1.72. The molecule has 0 aromatic heterocycles. The average Bonchev–Trinajstić information content (AvgIpc) is 2.48. The van der Waals surface area contributed by atoms with Crippen molar-refractivity contribution in [3.63, 3.8) is 0 Å². The summed E-state index contributed by atoms with van der Waals surface area (Å²) in [5.41, 5.74) is 1.22. The summed E-state index contributed by atoms with van der Waals surface area (Å²) in [7, 11) is 0. The Morgan fingerprint density at radius 1 is 1.25 bits per heavy atom. The molecule has 0 aliphatic carbocycles. The lowest BCUT2D eigenvalue weighted by atomic mass is 10.1. The van der Waals surface area contributed by atoms with E-state index in [2.05, 4.69) is 21.2 Å². The van der Waals surface area contributed by atoms with Gasteiger partial charge in [-0.25, -0.2) is 0 Å². The van der Waals surface area contributed by atoms with E-state index in [0.29, 0.717) is 10.6 Å². The maximum atomic E-state index is 11.9. The third-order valence-corrected chi connectivity index (χ3v) is 4.05. The molecule has 3 nitrogen and oxygen atoms in total. The fraction of sp³-hybridized carbons (Fsp3) is 0.133. The lowest BCUT2D eigenvalue weighted by Crippen LogP contribution is -2.28. The van der Waals surface area contributed by atoms with Crippen molar-refractivity contribution in [3.8, 4) is 0 Å². The van der Waals surface area contributed by atoms with Crippen LogP contribution in [0, 0.1) is 0 Å². The van der Waals surface area contributed by atoms with Crippen LogP contribution in [0.5, 0.6) is 0 Å². The highest BCUT2D eigenvalue weighted by Crippen LogP contribution is 2.23. The molecule has 0 radical (unpaired) electrons. The van der Waals surface area contributed by atoms with Gasteiger partial charge in [-0.3, -0.25) is 4.79 Å². The first-order chi connectivity index (χ1) is 9.58. The van der Waals surface area contributed by atoms with E-state index in [9.17, 15) is 9.90 Å². The maximum absolute atomic E-state index is 11.9. The van der Waals surface area contributed by atoms with Gasteiger partial charge in [0.2, 0.25) is 0 Å². The highest BCUT2D eigenvalue weighted by molar-refractivity contribution is 9.10. The summed E-state index contributed by atoms with van der Waals surface area (Å²) in [5, 5.41) is 13.1. The standard InChI is InChI=1S/C15H13BrClNO2/c16-12-7-6-11(8-13(12)17)15(20)18-9-14(19)10-4-2-1-3-5-10/h1-8,14,19H,9H2,(H,18,20).